The molecule has 0 saturated carbocycles. The largest absolute Gasteiger partial charge is 0.389 e. The minimum absolute atomic E-state index is 0.0666. The van der Waals surface area contributed by atoms with Crippen molar-refractivity contribution < 1.29 is 5.11 Å². The lowest BCUT2D eigenvalue weighted by Crippen LogP contribution is -2.53. The van der Waals surface area contributed by atoms with Gasteiger partial charge in [-0.2, -0.15) is 0 Å². The van der Waals surface area contributed by atoms with Gasteiger partial charge in [-0.15, -0.1) is 0 Å². The van der Waals surface area contributed by atoms with Crippen molar-refractivity contribution in [1.82, 2.24) is 9.55 Å². The van der Waals surface area contributed by atoms with Crippen LogP contribution in [0.2, 0.25) is 0 Å². The number of β-amino-alcohol motifs (C(OH)–C–C–N with tert-alkyl or cyclic N) is 1. The molecule has 0 radical (unpaired) electrons. The molecular weight excluding hydrogens is 206 g/mol. The summed E-state index contributed by atoms with van der Waals surface area (Å²) in [6.45, 7) is 5.85. The number of hydrogen-bond acceptors (Lipinski definition) is 4. The van der Waals surface area contributed by atoms with E-state index in [9.17, 15) is 9.90 Å². The van der Waals surface area contributed by atoms with Crippen molar-refractivity contribution in [1.29, 1.82) is 0 Å². The van der Waals surface area contributed by atoms with E-state index in [1.54, 1.807) is 17.0 Å². The molecular formula is C11H17N3O2. The molecule has 1 N–H and O–H groups in total. The van der Waals surface area contributed by atoms with Crippen LogP contribution in [-0.4, -0.2) is 33.9 Å². The summed E-state index contributed by atoms with van der Waals surface area (Å²) in [5, 5.41) is 9.21. The van der Waals surface area contributed by atoms with Crippen LogP contribution in [0.3, 0.4) is 0 Å². The van der Waals surface area contributed by atoms with Gasteiger partial charge in [0.05, 0.1) is 6.10 Å². The van der Waals surface area contributed by atoms with Gasteiger partial charge in [0.1, 0.15) is 0 Å². The SMILES string of the molecule is CC(C)Cn1ccnc(N2CC(O)C2)c1=O. The Bertz CT molecular complexity index is 421. The Kier molecular flexibility index (Phi) is 2.96. The monoisotopic (exact) mass is 223 g/mol. The highest BCUT2D eigenvalue weighted by atomic mass is 16.3. The summed E-state index contributed by atoms with van der Waals surface area (Å²) in [5.41, 5.74) is -0.0666. The third kappa shape index (κ3) is 2.09. The topological polar surface area (TPSA) is 58.4 Å². The number of rotatable bonds is 3. The molecule has 5 nitrogen and oxygen atoms in total. The Morgan fingerprint density at radius 1 is 1.56 bits per heavy atom. The van der Waals surface area contributed by atoms with Crippen molar-refractivity contribution in [2.75, 3.05) is 18.0 Å². The van der Waals surface area contributed by atoms with E-state index in [0.717, 1.165) is 0 Å². The molecule has 0 aromatic carbocycles. The molecule has 88 valence electrons. The van der Waals surface area contributed by atoms with E-state index >= 15 is 0 Å². The van der Waals surface area contributed by atoms with Gasteiger partial charge in [-0.3, -0.25) is 4.79 Å². The van der Waals surface area contributed by atoms with Crippen LogP contribution in [0.1, 0.15) is 13.8 Å². The molecule has 1 saturated heterocycles. The first-order valence-electron chi connectivity index (χ1n) is 5.56. The van der Waals surface area contributed by atoms with Gasteiger partial charge in [0.25, 0.3) is 5.56 Å². The molecule has 1 aliphatic rings. The number of aromatic nitrogens is 2. The van der Waals surface area contributed by atoms with Crippen molar-refractivity contribution in [3.05, 3.63) is 22.7 Å². The molecule has 1 aromatic rings. The van der Waals surface area contributed by atoms with Crippen molar-refractivity contribution in [3.8, 4) is 0 Å². The molecule has 0 aliphatic carbocycles. The smallest absolute Gasteiger partial charge is 0.293 e. The average Bonchev–Trinajstić information content (AvgIpc) is 2.16. The van der Waals surface area contributed by atoms with Crippen LogP contribution in [0.5, 0.6) is 0 Å². The predicted molar refractivity (Wildman–Crippen MR) is 61.6 cm³/mol. The summed E-state index contributed by atoms with van der Waals surface area (Å²) in [6.07, 6.45) is 3.03. The Hall–Kier alpha value is -1.36. The highest BCUT2D eigenvalue weighted by Gasteiger charge is 2.27. The molecule has 0 amide bonds. The zero-order valence-corrected chi connectivity index (χ0v) is 9.63. The summed E-state index contributed by atoms with van der Waals surface area (Å²) in [4.78, 5) is 17.9. The fourth-order valence-electron chi connectivity index (χ4n) is 1.82. The molecule has 1 aliphatic heterocycles. The molecule has 1 fully saturated rings. The lowest BCUT2D eigenvalue weighted by molar-refractivity contribution is 0.141. The zero-order chi connectivity index (χ0) is 11.7. The van der Waals surface area contributed by atoms with Crippen LogP contribution in [0, 0.1) is 5.92 Å². The van der Waals surface area contributed by atoms with Gasteiger partial charge < -0.3 is 14.6 Å². The van der Waals surface area contributed by atoms with Crippen molar-refractivity contribution in [2.24, 2.45) is 5.92 Å². The molecule has 0 atom stereocenters. The fraction of sp³-hybridized carbons (Fsp3) is 0.636. The van der Waals surface area contributed by atoms with Gasteiger partial charge in [0.15, 0.2) is 5.82 Å². The van der Waals surface area contributed by atoms with Crippen LogP contribution in [0.4, 0.5) is 5.82 Å². The minimum atomic E-state index is -0.319. The second kappa shape index (κ2) is 4.25. The Labute approximate surface area is 94.3 Å². The lowest BCUT2D eigenvalue weighted by atomic mass is 10.2. The number of nitrogens with zero attached hydrogens (tertiary/aromatic N) is 3. The molecule has 0 bridgehead atoms. The average molecular weight is 223 g/mol. The van der Waals surface area contributed by atoms with Crippen LogP contribution in [-0.2, 0) is 6.54 Å². The molecule has 0 unspecified atom stereocenters. The molecule has 2 rings (SSSR count). The van der Waals surface area contributed by atoms with E-state index in [-0.39, 0.29) is 11.7 Å². The molecule has 2 heterocycles. The van der Waals surface area contributed by atoms with E-state index in [4.69, 9.17) is 0 Å². The molecule has 1 aromatic heterocycles. The zero-order valence-electron chi connectivity index (χ0n) is 9.63. The quantitative estimate of drug-likeness (QED) is 0.788. The van der Waals surface area contributed by atoms with E-state index in [1.807, 2.05) is 4.90 Å². The fourth-order valence-corrected chi connectivity index (χ4v) is 1.82. The first-order chi connectivity index (χ1) is 7.58. The molecule has 16 heavy (non-hydrogen) atoms. The van der Waals surface area contributed by atoms with E-state index in [1.165, 1.54) is 0 Å². The molecule has 0 spiro atoms. The van der Waals surface area contributed by atoms with Crippen LogP contribution < -0.4 is 10.5 Å². The lowest BCUT2D eigenvalue weighted by Gasteiger charge is -2.36. The van der Waals surface area contributed by atoms with Gasteiger partial charge in [-0.25, -0.2) is 4.98 Å². The van der Waals surface area contributed by atoms with E-state index in [2.05, 4.69) is 18.8 Å². The van der Waals surface area contributed by atoms with Crippen LogP contribution in [0.15, 0.2) is 17.2 Å². The van der Waals surface area contributed by atoms with Gasteiger partial charge in [0.2, 0.25) is 0 Å². The van der Waals surface area contributed by atoms with Gasteiger partial charge in [-0.05, 0) is 5.92 Å². The van der Waals surface area contributed by atoms with Gasteiger partial charge in [-0.1, -0.05) is 13.8 Å². The second-order valence-electron chi connectivity index (χ2n) is 4.66. The minimum Gasteiger partial charge on any atom is -0.389 e. The summed E-state index contributed by atoms with van der Waals surface area (Å²) in [5.74, 6) is 0.878. The van der Waals surface area contributed by atoms with Crippen molar-refractivity contribution >= 4 is 5.82 Å². The number of hydrogen-bond donors (Lipinski definition) is 1. The summed E-state index contributed by atoms with van der Waals surface area (Å²) in [6, 6.07) is 0. The summed E-state index contributed by atoms with van der Waals surface area (Å²) >= 11 is 0. The number of aliphatic hydroxyl groups excluding tert-OH is 1. The summed E-state index contributed by atoms with van der Waals surface area (Å²) in [7, 11) is 0. The second-order valence-corrected chi connectivity index (χ2v) is 4.66. The predicted octanol–water partition coefficient (Wildman–Crippen LogP) is 0.0802. The van der Waals surface area contributed by atoms with Gasteiger partial charge >= 0.3 is 0 Å². The summed E-state index contributed by atoms with van der Waals surface area (Å²) < 4.78 is 1.68. The maximum Gasteiger partial charge on any atom is 0.293 e. The third-order valence-electron chi connectivity index (χ3n) is 2.62. The van der Waals surface area contributed by atoms with E-state index < -0.39 is 0 Å². The Balaban J connectivity index is 2.23. The Morgan fingerprint density at radius 3 is 2.81 bits per heavy atom. The normalized spacial score (nSPS) is 16.6. The van der Waals surface area contributed by atoms with Crippen molar-refractivity contribution in [2.45, 2.75) is 26.5 Å². The van der Waals surface area contributed by atoms with Crippen molar-refractivity contribution in [3.63, 3.8) is 0 Å². The maximum absolute atomic E-state index is 12.0. The number of aliphatic hydroxyl groups is 1. The first-order valence-corrected chi connectivity index (χ1v) is 5.56. The molecule has 5 heteroatoms. The third-order valence-corrected chi connectivity index (χ3v) is 2.62. The highest BCUT2D eigenvalue weighted by Crippen LogP contribution is 2.13. The number of anilines is 1. The highest BCUT2D eigenvalue weighted by molar-refractivity contribution is 5.39. The maximum atomic E-state index is 12.0. The van der Waals surface area contributed by atoms with Crippen LogP contribution in [0.25, 0.3) is 0 Å². The first kappa shape index (κ1) is 11.1. The van der Waals surface area contributed by atoms with E-state index in [0.29, 0.717) is 31.4 Å². The van der Waals surface area contributed by atoms with Gasteiger partial charge in [0, 0.05) is 32.0 Å². The standard InChI is InChI=1S/C11H17N3O2/c1-8(2)5-13-4-3-12-10(11(13)16)14-6-9(15)7-14/h3-4,8-9,15H,5-7H2,1-2H3. The van der Waals surface area contributed by atoms with Crippen LogP contribution >= 0.6 is 0 Å². The Morgan fingerprint density at radius 2 is 2.25 bits per heavy atom.